The Balaban J connectivity index is 1.23. The predicted octanol–water partition coefficient (Wildman–Crippen LogP) is 6.88. The number of benzene rings is 3. The average Bonchev–Trinajstić information content (AvgIpc) is 3.63. The van der Waals surface area contributed by atoms with Gasteiger partial charge >= 0.3 is 12.3 Å². The molecule has 0 amide bonds. The lowest BCUT2D eigenvalue weighted by molar-refractivity contribution is -0.274. The number of hydrogen-bond donors (Lipinski definition) is 0. The zero-order chi connectivity index (χ0) is 25.3. The van der Waals surface area contributed by atoms with Gasteiger partial charge in [0.1, 0.15) is 17.2 Å². The minimum absolute atomic E-state index is 0.0668. The monoisotopic (exact) mass is 498 g/mol. The fourth-order valence-electron chi connectivity index (χ4n) is 4.47. The summed E-state index contributed by atoms with van der Waals surface area (Å²) in [5.41, 5.74) is 4.67. The summed E-state index contributed by atoms with van der Waals surface area (Å²) in [4.78, 5) is 12.7. The van der Waals surface area contributed by atoms with Gasteiger partial charge in [0.2, 0.25) is 0 Å². The second kappa shape index (κ2) is 9.85. The van der Waals surface area contributed by atoms with Crippen LogP contribution in [0.1, 0.15) is 53.6 Å². The van der Waals surface area contributed by atoms with Crippen LogP contribution >= 0.6 is 0 Å². The Morgan fingerprint density at radius 2 is 1.56 bits per heavy atom. The van der Waals surface area contributed by atoms with E-state index in [2.05, 4.69) is 17.7 Å². The summed E-state index contributed by atoms with van der Waals surface area (Å²) in [6, 6.07) is 16.2. The highest BCUT2D eigenvalue weighted by atomic mass is 19.4. The van der Waals surface area contributed by atoms with E-state index in [1.54, 1.807) is 6.07 Å². The van der Waals surface area contributed by atoms with Crippen LogP contribution in [-0.2, 0) is 4.74 Å². The Morgan fingerprint density at radius 3 is 2.25 bits per heavy atom. The standard InChI is InChI=1S/C28H25F3O5/c1-17-25-14-18(27(32)35-19-6-8-20(9-7-19)36-28(29,30)31)5-11-23(25)24-12-10-21(15-26(17)24)33-13-3-2-4-22-16-34-22/h5-12,14-15,17,22H,2-4,13,16H2,1H3. The van der Waals surface area contributed by atoms with Gasteiger partial charge < -0.3 is 18.9 Å². The third-order valence-electron chi connectivity index (χ3n) is 6.39. The first-order valence-corrected chi connectivity index (χ1v) is 11.9. The fraction of sp³-hybridized carbons (Fsp3) is 0.321. The molecule has 1 saturated heterocycles. The maximum atomic E-state index is 12.7. The summed E-state index contributed by atoms with van der Waals surface area (Å²) < 4.78 is 57.4. The molecule has 1 fully saturated rings. The smallest absolute Gasteiger partial charge is 0.494 e. The molecule has 5 nitrogen and oxygen atoms in total. The molecule has 3 aromatic rings. The van der Waals surface area contributed by atoms with E-state index in [-0.39, 0.29) is 17.4 Å². The van der Waals surface area contributed by atoms with Gasteiger partial charge in [-0.3, -0.25) is 0 Å². The van der Waals surface area contributed by atoms with Crippen molar-refractivity contribution in [2.24, 2.45) is 0 Å². The summed E-state index contributed by atoms with van der Waals surface area (Å²) in [5.74, 6) is 0.0391. The van der Waals surface area contributed by atoms with Crippen LogP contribution in [0, 0.1) is 0 Å². The molecule has 0 saturated carbocycles. The molecule has 2 atom stereocenters. The molecule has 3 aromatic carbocycles. The normalized spacial score (nSPS) is 17.8. The quantitative estimate of drug-likeness (QED) is 0.139. The molecule has 1 heterocycles. The molecule has 0 radical (unpaired) electrons. The van der Waals surface area contributed by atoms with Gasteiger partial charge in [-0.25, -0.2) is 4.79 Å². The van der Waals surface area contributed by atoms with Gasteiger partial charge in [-0.2, -0.15) is 0 Å². The molecule has 36 heavy (non-hydrogen) atoms. The van der Waals surface area contributed by atoms with Gasteiger partial charge in [-0.1, -0.05) is 19.1 Å². The van der Waals surface area contributed by atoms with E-state index in [1.165, 1.54) is 12.1 Å². The van der Waals surface area contributed by atoms with Crippen LogP contribution in [0.4, 0.5) is 13.2 Å². The Hall–Kier alpha value is -3.52. The van der Waals surface area contributed by atoms with Gasteiger partial charge in [-0.05, 0) is 90.0 Å². The molecule has 8 heteroatoms. The van der Waals surface area contributed by atoms with Crippen molar-refractivity contribution in [2.45, 2.75) is 44.6 Å². The van der Waals surface area contributed by atoms with Gasteiger partial charge in [0.25, 0.3) is 0 Å². The number of alkyl halides is 3. The van der Waals surface area contributed by atoms with E-state index in [0.717, 1.165) is 66.0 Å². The molecule has 2 aliphatic rings. The highest BCUT2D eigenvalue weighted by Gasteiger charge is 2.31. The summed E-state index contributed by atoms with van der Waals surface area (Å²) in [6.07, 6.45) is -1.18. The zero-order valence-corrected chi connectivity index (χ0v) is 19.6. The summed E-state index contributed by atoms with van der Waals surface area (Å²) >= 11 is 0. The Morgan fingerprint density at radius 1 is 0.917 bits per heavy atom. The van der Waals surface area contributed by atoms with Crippen molar-refractivity contribution in [3.63, 3.8) is 0 Å². The van der Waals surface area contributed by atoms with Crippen LogP contribution < -0.4 is 14.2 Å². The summed E-state index contributed by atoms with van der Waals surface area (Å²) in [5, 5.41) is 0. The Labute approximate surface area is 206 Å². The first-order valence-electron chi connectivity index (χ1n) is 11.9. The van der Waals surface area contributed by atoms with Crippen molar-refractivity contribution >= 4 is 5.97 Å². The van der Waals surface area contributed by atoms with Crippen molar-refractivity contribution in [1.82, 2.24) is 0 Å². The van der Waals surface area contributed by atoms with Gasteiger partial charge in [-0.15, -0.1) is 13.2 Å². The average molecular weight is 498 g/mol. The second-order valence-electron chi connectivity index (χ2n) is 8.98. The number of epoxide rings is 1. The number of carbonyl (C=O) groups is 1. The molecule has 2 unspecified atom stereocenters. The number of esters is 1. The topological polar surface area (TPSA) is 57.3 Å². The number of fused-ring (bicyclic) bond motifs is 3. The third-order valence-corrected chi connectivity index (χ3v) is 6.39. The van der Waals surface area contributed by atoms with Crippen LogP contribution in [0.3, 0.4) is 0 Å². The minimum Gasteiger partial charge on any atom is -0.494 e. The summed E-state index contributed by atoms with van der Waals surface area (Å²) in [7, 11) is 0. The van der Waals surface area contributed by atoms with E-state index in [0.29, 0.717) is 18.3 Å². The molecular formula is C28H25F3O5. The second-order valence-corrected chi connectivity index (χ2v) is 8.98. The molecule has 0 aromatic heterocycles. The van der Waals surface area contributed by atoms with E-state index in [4.69, 9.17) is 14.2 Å². The molecule has 1 aliphatic heterocycles. The van der Waals surface area contributed by atoms with Crippen molar-refractivity contribution in [1.29, 1.82) is 0 Å². The number of unbranched alkanes of at least 4 members (excludes halogenated alkanes) is 1. The molecule has 188 valence electrons. The zero-order valence-electron chi connectivity index (χ0n) is 19.6. The number of hydrogen-bond acceptors (Lipinski definition) is 5. The first-order chi connectivity index (χ1) is 17.3. The van der Waals surface area contributed by atoms with Crippen LogP contribution in [0.25, 0.3) is 11.1 Å². The first kappa shape index (κ1) is 24.2. The lowest BCUT2D eigenvalue weighted by Gasteiger charge is -2.11. The van der Waals surface area contributed by atoms with Crippen molar-refractivity contribution in [3.05, 3.63) is 77.4 Å². The fourth-order valence-corrected chi connectivity index (χ4v) is 4.47. The van der Waals surface area contributed by atoms with Crippen molar-refractivity contribution in [2.75, 3.05) is 13.2 Å². The largest absolute Gasteiger partial charge is 0.573 e. The lowest BCUT2D eigenvalue weighted by Crippen LogP contribution is -2.17. The minimum atomic E-state index is -4.78. The SMILES string of the molecule is CC1c2cc(OCCCCC3CO3)ccc2-c2ccc(C(=O)Oc3ccc(OC(F)(F)F)cc3)cc21. The Bertz CT molecular complexity index is 1250. The number of rotatable bonds is 9. The number of halogens is 3. The summed E-state index contributed by atoms with van der Waals surface area (Å²) in [6.45, 7) is 3.63. The highest BCUT2D eigenvalue weighted by molar-refractivity contribution is 5.93. The molecular weight excluding hydrogens is 473 g/mol. The maximum absolute atomic E-state index is 12.7. The Kier molecular flexibility index (Phi) is 6.62. The molecule has 1 aliphatic carbocycles. The van der Waals surface area contributed by atoms with Crippen LogP contribution in [-0.4, -0.2) is 31.6 Å². The maximum Gasteiger partial charge on any atom is 0.573 e. The van der Waals surface area contributed by atoms with Gasteiger partial charge in [0.05, 0.1) is 24.9 Å². The molecule has 5 rings (SSSR count). The molecule has 0 spiro atoms. The van der Waals surface area contributed by atoms with Crippen LogP contribution in [0.5, 0.6) is 17.2 Å². The van der Waals surface area contributed by atoms with E-state index in [9.17, 15) is 18.0 Å². The van der Waals surface area contributed by atoms with Crippen LogP contribution in [0.2, 0.25) is 0 Å². The van der Waals surface area contributed by atoms with Crippen LogP contribution in [0.15, 0.2) is 60.7 Å². The third kappa shape index (κ3) is 5.65. The van der Waals surface area contributed by atoms with Gasteiger partial charge in [0, 0.05) is 5.92 Å². The molecule has 0 N–H and O–H groups in total. The highest BCUT2D eigenvalue weighted by Crippen LogP contribution is 2.46. The van der Waals surface area contributed by atoms with Gasteiger partial charge in [0.15, 0.2) is 0 Å². The molecule has 0 bridgehead atoms. The van der Waals surface area contributed by atoms with Crippen molar-refractivity contribution in [3.8, 4) is 28.4 Å². The predicted molar refractivity (Wildman–Crippen MR) is 127 cm³/mol. The van der Waals surface area contributed by atoms with E-state index in [1.807, 2.05) is 24.3 Å². The van der Waals surface area contributed by atoms with E-state index < -0.39 is 12.3 Å². The van der Waals surface area contributed by atoms with E-state index >= 15 is 0 Å². The van der Waals surface area contributed by atoms with Crippen molar-refractivity contribution < 1.29 is 36.9 Å². The lowest BCUT2D eigenvalue weighted by atomic mass is 9.98. The number of ether oxygens (including phenoxy) is 4. The number of carbonyl (C=O) groups excluding carboxylic acids is 1.